The highest BCUT2D eigenvalue weighted by Gasteiger charge is 2.67. The number of hydrogen-bond donors (Lipinski definition) is 0. The number of aromatic nitrogens is 3. The molecule has 1 spiro atoms. The zero-order chi connectivity index (χ0) is 46.8. The smallest absolute Gasteiger partial charge is 0.365 e. The zero-order valence-electron chi connectivity index (χ0n) is 40.7. The molecule has 1 aliphatic carbocycles. The van der Waals surface area contributed by atoms with Gasteiger partial charge in [0.2, 0.25) is 5.69 Å². The van der Waals surface area contributed by atoms with Crippen LogP contribution in [0, 0.1) is 5.82 Å². The maximum atomic E-state index is 16.6. The van der Waals surface area contributed by atoms with E-state index in [1.54, 1.807) is 12.1 Å². The average molecular weight is 895 g/mol. The van der Waals surface area contributed by atoms with E-state index in [-0.39, 0.29) is 11.2 Å². The molecule has 3 aromatic heterocycles. The van der Waals surface area contributed by atoms with Crippen molar-refractivity contribution in [3.63, 3.8) is 0 Å². The first-order chi connectivity index (χ1) is 32.5. The molecule has 5 heterocycles. The molecule has 0 saturated carbocycles. The lowest BCUT2D eigenvalue weighted by Gasteiger charge is -2.25. The van der Waals surface area contributed by atoms with E-state index in [1.807, 2.05) is 19.9 Å². The number of aryl methyl sites for hydroxylation is 2. The predicted octanol–water partition coefficient (Wildman–Crippen LogP) is 14.2. The number of rotatable bonds is 4. The molecule has 13 rings (SSSR count). The highest BCUT2D eigenvalue weighted by Crippen LogP contribution is 2.54. The summed E-state index contributed by atoms with van der Waals surface area (Å²) in [5.74, 6) is -0.167. The Hall–Kier alpha value is -6.63. The summed E-state index contributed by atoms with van der Waals surface area (Å²) in [5.41, 5.74) is 15.9. The fourth-order valence-corrected chi connectivity index (χ4v) is 13.9. The molecule has 0 radical (unpaired) electrons. The van der Waals surface area contributed by atoms with Crippen molar-refractivity contribution < 1.29 is 19.3 Å². The predicted molar refractivity (Wildman–Crippen MR) is 275 cm³/mol. The molecule has 3 aliphatic rings. The molecule has 330 valence electrons. The summed E-state index contributed by atoms with van der Waals surface area (Å²) in [6.07, 6.45) is 6.76. The summed E-state index contributed by atoms with van der Waals surface area (Å²) in [4.78, 5) is 0. The van der Waals surface area contributed by atoms with Gasteiger partial charge >= 0.3 is 11.5 Å². The van der Waals surface area contributed by atoms with E-state index in [2.05, 4.69) is 176 Å². The van der Waals surface area contributed by atoms with Crippen molar-refractivity contribution in [3.8, 4) is 39.5 Å². The molecule has 67 heavy (non-hydrogen) atoms. The Bertz CT molecular complexity index is 3820. The Balaban J connectivity index is 1.30. The van der Waals surface area contributed by atoms with Crippen molar-refractivity contribution in [2.45, 2.75) is 96.9 Å². The second-order valence-electron chi connectivity index (χ2n) is 21.7. The Labute approximate surface area is 394 Å². The SMILES string of the molecule is [2H]C(C)(C)c1cc2[n+](cc1[Si](C)(C)C)C1(c3cc(F)ccc3-2)c2ccc3c(oc4c5c(ccc43)CCCC5)c2-c2n(-c3ccc(C(C)(C)C)cc3-c3ccccc3)c3ccc4ccccc4c3[n+]21. The Morgan fingerprint density at radius 3 is 2.30 bits per heavy atom. The van der Waals surface area contributed by atoms with Gasteiger partial charge in [-0.25, -0.2) is 4.39 Å². The van der Waals surface area contributed by atoms with Crippen LogP contribution in [0.3, 0.4) is 0 Å². The highest BCUT2D eigenvalue weighted by molar-refractivity contribution is 6.89. The number of pyridine rings is 1. The third kappa shape index (κ3) is 5.51. The van der Waals surface area contributed by atoms with Crippen LogP contribution in [0.15, 0.2) is 144 Å². The molecular formula is C61H56FN3OSi+2. The lowest BCUT2D eigenvalue weighted by atomic mass is 9.85. The van der Waals surface area contributed by atoms with Gasteiger partial charge in [-0.15, -0.1) is 9.13 Å². The van der Waals surface area contributed by atoms with E-state index in [0.717, 1.165) is 119 Å². The van der Waals surface area contributed by atoms with Crippen LogP contribution in [-0.4, -0.2) is 12.6 Å². The van der Waals surface area contributed by atoms with E-state index >= 15 is 4.39 Å². The molecular weight excluding hydrogens is 838 g/mol. The summed E-state index contributed by atoms with van der Waals surface area (Å²) in [6, 6.07) is 48.0. The molecule has 2 aliphatic heterocycles. The van der Waals surface area contributed by atoms with Gasteiger partial charge in [0.15, 0.2) is 22.8 Å². The van der Waals surface area contributed by atoms with Crippen LogP contribution in [0.4, 0.5) is 4.39 Å². The van der Waals surface area contributed by atoms with E-state index in [4.69, 9.17) is 4.42 Å². The number of fused-ring (bicyclic) bond motifs is 20. The average Bonchev–Trinajstić information content (AvgIpc) is 4.03. The number of hydrogen-bond acceptors (Lipinski definition) is 1. The minimum absolute atomic E-state index is 0.0948. The molecule has 4 nitrogen and oxygen atoms in total. The van der Waals surface area contributed by atoms with Crippen molar-refractivity contribution in [3.05, 3.63) is 179 Å². The molecule has 0 bridgehead atoms. The molecule has 7 aromatic carbocycles. The van der Waals surface area contributed by atoms with Crippen molar-refractivity contribution in [2.75, 3.05) is 0 Å². The van der Waals surface area contributed by atoms with E-state index in [9.17, 15) is 1.37 Å². The van der Waals surface area contributed by atoms with Gasteiger partial charge in [-0.2, -0.15) is 4.57 Å². The Morgan fingerprint density at radius 1 is 0.746 bits per heavy atom. The lowest BCUT2D eigenvalue weighted by Crippen LogP contribution is -2.72. The minimum atomic E-state index is -2.13. The lowest BCUT2D eigenvalue weighted by molar-refractivity contribution is -0.944. The molecule has 0 amide bonds. The minimum Gasteiger partial charge on any atom is -0.455 e. The van der Waals surface area contributed by atoms with Crippen LogP contribution in [-0.2, 0) is 23.9 Å². The van der Waals surface area contributed by atoms with Crippen molar-refractivity contribution in [1.29, 1.82) is 0 Å². The first-order valence-electron chi connectivity index (χ1n) is 24.7. The fourth-order valence-electron chi connectivity index (χ4n) is 12.3. The van der Waals surface area contributed by atoms with Crippen LogP contribution in [0.5, 0.6) is 0 Å². The van der Waals surface area contributed by atoms with Crippen LogP contribution in [0.1, 0.15) is 88.1 Å². The first-order valence-corrected chi connectivity index (χ1v) is 27.7. The Morgan fingerprint density at radius 2 is 1.51 bits per heavy atom. The largest absolute Gasteiger partial charge is 0.455 e. The van der Waals surface area contributed by atoms with Crippen molar-refractivity contribution in [2.24, 2.45) is 0 Å². The molecule has 10 aromatic rings. The van der Waals surface area contributed by atoms with Gasteiger partial charge in [0.05, 0.1) is 24.8 Å². The monoisotopic (exact) mass is 894 g/mol. The van der Waals surface area contributed by atoms with Gasteiger partial charge in [0, 0.05) is 34.3 Å². The zero-order valence-corrected chi connectivity index (χ0v) is 40.7. The third-order valence-electron chi connectivity index (χ3n) is 15.4. The number of halogens is 1. The van der Waals surface area contributed by atoms with Crippen LogP contribution in [0.2, 0.25) is 19.6 Å². The van der Waals surface area contributed by atoms with Crippen LogP contribution < -0.4 is 14.3 Å². The standard InChI is InChI=1S/C61H56FN3OSi/c1-36(2)47-34-53-46-27-25-41(62)33-50(46)61(63(53)35-54(47)67(6,7)8)49-29-28-45-44-26-22-39-19-13-15-21-43(39)57(44)66-58(45)55(49)59-64(52-30-23-38-18-12-14-20-42(38)56(52)65(59)61)51-31-24-40(60(3,4)5)32-48(51)37-16-10-9-11-17-37/h9-12,14,16-18,20,22-36H,13,15,19,21H2,1-8H3/q+2/i36D. The van der Waals surface area contributed by atoms with Gasteiger partial charge in [-0.05, 0) is 131 Å². The summed E-state index contributed by atoms with van der Waals surface area (Å²) in [7, 11) is -2.13. The van der Waals surface area contributed by atoms with E-state index in [1.165, 1.54) is 28.3 Å². The van der Waals surface area contributed by atoms with Gasteiger partial charge in [-0.1, -0.05) is 121 Å². The number of benzene rings is 7. The third-order valence-corrected chi connectivity index (χ3v) is 17.4. The van der Waals surface area contributed by atoms with Crippen LogP contribution in [0.25, 0.3) is 83.2 Å². The fraction of sp³-hybridized carbons (Fsp3) is 0.246. The van der Waals surface area contributed by atoms with E-state index < -0.39 is 19.6 Å². The number of furan rings is 1. The normalized spacial score (nSPS) is 16.8. The van der Waals surface area contributed by atoms with Crippen molar-refractivity contribution >= 4 is 57.0 Å². The summed E-state index contributed by atoms with van der Waals surface area (Å²) < 4.78 is 41.3. The molecule has 6 heteroatoms. The van der Waals surface area contributed by atoms with E-state index in [0.29, 0.717) is 0 Å². The first kappa shape index (κ1) is 39.5. The van der Waals surface area contributed by atoms with Crippen molar-refractivity contribution in [1.82, 2.24) is 4.57 Å². The van der Waals surface area contributed by atoms with Gasteiger partial charge in [-0.3, -0.25) is 0 Å². The number of nitrogens with zero attached hydrogens (tertiary/aromatic N) is 3. The molecule has 1 atom stereocenters. The maximum Gasteiger partial charge on any atom is 0.365 e. The highest BCUT2D eigenvalue weighted by atomic mass is 28.3. The molecule has 0 saturated heterocycles. The quantitative estimate of drug-likeness (QED) is 0.128. The maximum absolute atomic E-state index is 16.6. The summed E-state index contributed by atoms with van der Waals surface area (Å²) in [6.45, 7) is 18.0. The summed E-state index contributed by atoms with van der Waals surface area (Å²) >= 11 is 0. The van der Waals surface area contributed by atoms with Gasteiger partial charge in [0.1, 0.15) is 22.7 Å². The van der Waals surface area contributed by atoms with Gasteiger partial charge in [0.25, 0.3) is 0 Å². The Kier molecular flexibility index (Phi) is 8.24. The molecule has 0 fully saturated rings. The number of imidazole rings is 1. The van der Waals surface area contributed by atoms with Crippen LogP contribution >= 0.6 is 0 Å². The second-order valence-corrected chi connectivity index (χ2v) is 26.8. The second kappa shape index (κ2) is 14.0. The molecule has 0 N–H and O–H groups in total. The summed E-state index contributed by atoms with van der Waals surface area (Å²) in [5, 5.41) is 5.68. The molecule has 1 unspecified atom stereocenters. The topological polar surface area (TPSA) is 25.8 Å². The van der Waals surface area contributed by atoms with Gasteiger partial charge < -0.3 is 4.42 Å².